The Kier molecular flexibility index (Phi) is 4.73. The highest BCUT2D eigenvalue weighted by atomic mass is 16.5. The Bertz CT molecular complexity index is 997. The number of benzene rings is 2. The number of allylic oxidation sites excluding steroid dienone is 1. The maximum atomic E-state index is 6.13. The molecule has 3 aromatic rings. The number of para-hydroxylation sites is 1. The molecule has 4 nitrogen and oxygen atoms in total. The van der Waals surface area contributed by atoms with E-state index in [4.69, 9.17) is 4.74 Å². The summed E-state index contributed by atoms with van der Waals surface area (Å²) in [5, 5.41) is 5.85. The van der Waals surface area contributed by atoms with Crippen molar-refractivity contribution in [3.8, 4) is 5.75 Å². The van der Waals surface area contributed by atoms with Crippen LogP contribution in [-0.2, 0) is 0 Å². The molecule has 146 valence electrons. The molecule has 2 bridgehead atoms. The number of H-pyrrole nitrogens is 1. The van der Waals surface area contributed by atoms with Crippen molar-refractivity contribution in [1.82, 2.24) is 15.2 Å². The van der Waals surface area contributed by atoms with Gasteiger partial charge in [0.1, 0.15) is 12.4 Å². The number of fused-ring (bicyclic) bond motifs is 6. The molecule has 3 aliphatic rings. The van der Waals surface area contributed by atoms with Crippen LogP contribution in [0.3, 0.4) is 0 Å². The fourth-order valence-electron chi connectivity index (χ4n) is 5.15. The number of ether oxygens (including phenoxy) is 1. The summed E-state index contributed by atoms with van der Waals surface area (Å²) in [4.78, 5) is 6.09. The van der Waals surface area contributed by atoms with Gasteiger partial charge in [0.05, 0.1) is 5.52 Å². The van der Waals surface area contributed by atoms with Crippen molar-refractivity contribution in [2.45, 2.75) is 19.3 Å². The summed E-state index contributed by atoms with van der Waals surface area (Å²) in [5.41, 5.74) is 3.83. The molecule has 0 amide bonds. The lowest BCUT2D eigenvalue weighted by Gasteiger charge is -2.48. The van der Waals surface area contributed by atoms with Crippen LogP contribution in [0.1, 0.15) is 19.3 Å². The van der Waals surface area contributed by atoms with Crippen molar-refractivity contribution in [2.24, 2.45) is 11.8 Å². The van der Waals surface area contributed by atoms with E-state index in [1.807, 2.05) is 7.05 Å². The molecule has 4 heterocycles. The van der Waals surface area contributed by atoms with Crippen LogP contribution in [0, 0.1) is 11.8 Å². The minimum Gasteiger partial charge on any atom is -0.489 e. The molecule has 0 saturated carbocycles. The Morgan fingerprint density at radius 2 is 1.93 bits per heavy atom. The Morgan fingerprint density at radius 1 is 1.11 bits per heavy atom. The normalized spacial score (nSPS) is 23.2. The van der Waals surface area contributed by atoms with Gasteiger partial charge in [-0.25, -0.2) is 0 Å². The van der Waals surface area contributed by atoms with E-state index in [1.54, 1.807) is 0 Å². The van der Waals surface area contributed by atoms with E-state index in [0.29, 0.717) is 12.5 Å². The number of nitrogens with zero attached hydrogens (tertiary/aromatic N) is 1. The van der Waals surface area contributed by atoms with Crippen LogP contribution in [0.4, 0.5) is 0 Å². The first-order chi connectivity index (χ1) is 13.8. The van der Waals surface area contributed by atoms with Gasteiger partial charge < -0.3 is 19.9 Å². The quantitative estimate of drug-likeness (QED) is 0.665. The lowest BCUT2D eigenvalue weighted by atomic mass is 9.75. The lowest BCUT2D eigenvalue weighted by molar-refractivity contribution is 0.0965. The summed E-state index contributed by atoms with van der Waals surface area (Å²) in [6, 6.07) is 14.8. The lowest BCUT2D eigenvalue weighted by Crippen LogP contribution is -2.46. The minimum absolute atomic E-state index is 0.639. The second kappa shape index (κ2) is 7.51. The average molecular weight is 376 g/mol. The number of piperidine rings is 3. The Balaban J connectivity index is 1.33. The van der Waals surface area contributed by atoms with E-state index in [2.05, 4.69) is 63.7 Å². The highest BCUT2D eigenvalue weighted by Crippen LogP contribution is 2.41. The van der Waals surface area contributed by atoms with Crippen LogP contribution in [0.5, 0.6) is 5.75 Å². The van der Waals surface area contributed by atoms with Crippen molar-refractivity contribution >= 4 is 21.8 Å². The first-order valence-electron chi connectivity index (χ1n) is 10.6. The molecule has 28 heavy (non-hydrogen) atoms. The SMILES string of the molecule is CNCCC1C(=CCOc2ccc3c(c2)[nH]c2ccccc23)N2CCC1CC2. The molecular formula is C24H29N3O. The first-order valence-corrected chi connectivity index (χ1v) is 10.6. The number of hydrogen-bond acceptors (Lipinski definition) is 3. The smallest absolute Gasteiger partial charge is 0.121 e. The van der Waals surface area contributed by atoms with Crippen LogP contribution in [0.25, 0.3) is 21.8 Å². The standard InChI is InChI=1S/C24H29N3O/c1-25-12-8-19-17-9-13-27(14-10-17)24(19)11-15-28-18-6-7-21-20-4-2-3-5-22(20)26-23(21)16-18/h2-7,11,16-17,19,25-26H,8-10,12-15H2,1H3. The molecule has 6 rings (SSSR count). The summed E-state index contributed by atoms with van der Waals surface area (Å²) < 4.78 is 6.13. The second-order valence-electron chi connectivity index (χ2n) is 8.14. The van der Waals surface area contributed by atoms with E-state index < -0.39 is 0 Å². The molecule has 3 saturated heterocycles. The number of rotatable bonds is 6. The predicted octanol–water partition coefficient (Wildman–Crippen LogP) is 4.54. The molecular weight excluding hydrogens is 346 g/mol. The third-order valence-electron chi connectivity index (χ3n) is 6.58. The highest BCUT2D eigenvalue weighted by Gasteiger charge is 2.37. The fourth-order valence-corrected chi connectivity index (χ4v) is 5.15. The third-order valence-corrected chi connectivity index (χ3v) is 6.58. The first kappa shape index (κ1) is 17.6. The maximum absolute atomic E-state index is 6.13. The Labute approximate surface area is 166 Å². The van der Waals surface area contributed by atoms with Gasteiger partial charge in [-0.2, -0.15) is 0 Å². The third kappa shape index (κ3) is 3.16. The molecule has 3 aliphatic heterocycles. The van der Waals surface area contributed by atoms with Gasteiger partial charge in [-0.1, -0.05) is 18.2 Å². The number of aromatic amines is 1. The monoisotopic (exact) mass is 375 g/mol. The van der Waals surface area contributed by atoms with Gasteiger partial charge in [-0.05, 0) is 63.0 Å². The van der Waals surface area contributed by atoms with E-state index >= 15 is 0 Å². The Hall–Kier alpha value is -2.46. The zero-order chi connectivity index (χ0) is 18.9. The van der Waals surface area contributed by atoms with Gasteiger partial charge in [0.25, 0.3) is 0 Å². The predicted molar refractivity (Wildman–Crippen MR) is 116 cm³/mol. The van der Waals surface area contributed by atoms with Crippen LogP contribution < -0.4 is 10.1 Å². The zero-order valence-electron chi connectivity index (χ0n) is 16.6. The summed E-state index contributed by atoms with van der Waals surface area (Å²) in [6.07, 6.45) is 6.26. The van der Waals surface area contributed by atoms with Crippen LogP contribution >= 0.6 is 0 Å². The molecule has 1 unspecified atom stereocenters. The van der Waals surface area contributed by atoms with Crippen molar-refractivity contribution < 1.29 is 4.74 Å². The number of nitrogens with one attached hydrogen (secondary N) is 2. The van der Waals surface area contributed by atoms with Crippen molar-refractivity contribution in [1.29, 1.82) is 0 Å². The fraction of sp³-hybridized carbons (Fsp3) is 0.417. The van der Waals surface area contributed by atoms with Crippen molar-refractivity contribution in [3.05, 3.63) is 54.2 Å². The molecule has 2 aromatic carbocycles. The van der Waals surface area contributed by atoms with Crippen molar-refractivity contribution in [2.75, 3.05) is 33.3 Å². The van der Waals surface area contributed by atoms with E-state index in [0.717, 1.165) is 23.7 Å². The van der Waals surface area contributed by atoms with Gasteiger partial charge >= 0.3 is 0 Å². The molecule has 1 atom stereocenters. The number of hydrogen-bond donors (Lipinski definition) is 2. The molecule has 0 aliphatic carbocycles. The average Bonchev–Trinajstić information content (AvgIpc) is 3.11. The van der Waals surface area contributed by atoms with E-state index in [-0.39, 0.29) is 0 Å². The van der Waals surface area contributed by atoms with E-state index in [1.165, 1.54) is 54.3 Å². The van der Waals surface area contributed by atoms with E-state index in [9.17, 15) is 0 Å². The zero-order valence-corrected chi connectivity index (χ0v) is 16.6. The maximum Gasteiger partial charge on any atom is 0.121 e. The largest absolute Gasteiger partial charge is 0.489 e. The molecule has 1 aromatic heterocycles. The molecule has 0 spiro atoms. The molecule has 2 N–H and O–H groups in total. The summed E-state index contributed by atoms with van der Waals surface area (Å²) >= 11 is 0. The molecule has 3 fully saturated rings. The summed E-state index contributed by atoms with van der Waals surface area (Å²) in [5.74, 6) is 2.47. The van der Waals surface area contributed by atoms with Crippen LogP contribution in [-0.4, -0.2) is 43.2 Å². The van der Waals surface area contributed by atoms with Gasteiger partial charge in [0, 0.05) is 47.1 Å². The topological polar surface area (TPSA) is 40.3 Å². The van der Waals surface area contributed by atoms with Gasteiger partial charge in [-0.15, -0.1) is 0 Å². The van der Waals surface area contributed by atoms with Gasteiger partial charge in [0.15, 0.2) is 0 Å². The minimum atomic E-state index is 0.639. The highest BCUT2D eigenvalue weighted by molar-refractivity contribution is 6.07. The molecule has 4 heteroatoms. The summed E-state index contributed by atoms with van der Waals surface area (Å²) in [6.45, 7) is 4.16. The molecule has 0 radical (unpaired) electrons. The Morgan fingerprint density at radius 3 is 2.79 bits per heavy atom. The number of aromatic nitrogens is 1. The van der Waals surface area contributed by atoms with Gasteiger partial charge in [0.2, 0.25) is 0 Å². The summed E-state index contributed by atoms with van der Waals surface area (Å²) in [7, 11) is 2.05. The van der Waals surface area contributed by atoms with Crippen LogP contribution in [0.15, 0.2) is 54.2 Å². The second-order valence-corrected chi connectivity index (χ2v) is 8.14. The van der Waals surface area contributed by atoms with Crippen LogP contribution in [0.2, 0.25) is 0 Å². The van der Waals surface area contributed by atoms with Gasteiger partial charge in [-0.3, -0.25) is 0 Å². The van der Waals surface area contributed by atoms with Crippen molar-refractivity contribution in [3.63, 3.8) is 0 Å².